The van der Waals surface area contributed by atoms with Crippen molar-refractivity contribution in [2.24, 2.45) is 0 Å². The molecule has 2 heterocycles. The molecule has 5 atom stereocenters. The number of aliphatic hydroxyl groups is 3. The fourth-order valence-electron chi connectivity index (χ4n) is 3.87. The number of fused-ring (bicyclic) bond motifs is 1. The standard InChI is InChI=1S/C23H25N3O4/c1-13-20(27)22(29)21(28)19(25-13)12-24-23(30)16-11-18(14-7-3-2-4-8-14)26-17-10-6-5-9-15(16)17/h2-11,13,19-22,25,27-29H,12H2,1H3,(H,24,30)/t13-,19+,20+,21+,22+/m0/s1. The van der Waals surface area contributed by atoms with E-state index in [0.29, 0.717) is 16.8 Å². The van der Waals surface area contributed by atoms with Crippen LogP contribution in [0.15, 0.2) is 60.7 Å². The number of rotatable bonds is 4. The summed E-state index contributed by atoms with van der Waals surface area (Å²) in [5, 5.41) is 36.7. The predicted molar refractivity (Wildman–Crippen MR) is 114 cm³/mol. The number of hydrogen-bond donors (Lipinski definition) is 5. The number of benzene rings is 2. The van der Waals surface area contributed by atoms with Crippen LogP contribution in [0.4, 0.5) is 0 Å². The minimum Gasteiger partial charge on any atom is -0.389 e. The number of nitrogens with zero attached hydrogens (tertiary/aromatic N) is 1. The quantitative estimate of drug-likeness (QED) is 0.442. The van der Waals surface area contributed by atoms with Crippen molar-refractivity contribution in [1.29, 1.82) is 0 Å². The number of hydrogen-bond acceptors (Lipinski definition) is 6. The summed E-state index contributed by atoms with van der Waals surface area (Å²) in [6.45, 7) is 1.82. The first-order valence-corrected chi connectivity index (χ1v) is 9.99. The summed E-state index contributed by atoms with van der Waals surface area (Å²) in [5.41, 5.74) is 2.81. The molecule has 4 rings (SSSR count). The number of nitrogens with one attached hydrogen (secondary N) is 2. The largest absolute Gasteiger partial charge is 0.389 e. The fourth-order valence-corrected chi connectivity index (χ4v) is 3.87. The van der Waals surface area contributed by atoms with Gasteiger partial charge in [0.1, 0.15) is 6.10 Å². The lowest BCUT2D eigenvalue weighted by Crippen LogP contribution is -2.66. The molecule has 1 amide bonds. The highest BCUT2D eigenvalue weighted by atomic mass is 16.4. The molecule has 0 spiro atoms. The molecule has 1 aliphatic rings. The molecule has 5 N–H and O–H groups in total. The van der Waals surface area contributed by atoms with Gasteiger partial charge in [0.15, 0.2) is 0 Å². The molecule has 1 fully saturated rings. The summed E-state index contributed by atoms with van der Waals surface area (Å²) < 4.78 is 0. The molecule has 3 aromatic rings. The van der Waals surface area contributed by atoms with Crippen LogP contribution in [-0.2, 0) is 0 Å². The fraction of sp³-hybridized carbons (Fsp3) is 0.304. The molecule has 1 aliphatic heterocycles. The van der Waals surface area contributed by atoms with Crippen LogP contribution < -0.4 is 10.6 Å². The molecule has 0 aliphatic carbocycles. The van der Waals surface area contributed by atoms with Crippen LogP contribution >= 0.6 is 0 Å². The summed E-state index contributed by atoms with van der Waals surface area (Å²) in [4.78, 5) is 17.7. The van der Waals surface area contributed by atoms with Gasteiger partial charge in [-0.2, -0.15) is 0 Å². The van der Waals surface area contributed by atoms with E-state index in [1.165, 1.54) is 0 Å². The number of pyridine rings is 1. The molecular weight excluding hydrogens is 382 g/mol. The minimum atomic E-state index is -1.27. The van der Waals surface area contributed by atoms with Crippen LogP contribution in [-0.4, -0.2) is 63.2 Å². The van der Waals surface area contributed by atoms with E-state index in [-0.39, 0.29) is 12.5 Å². The normalized spacial score (nSPS) is 26.5. The average molecular weight is 407 g/mol. The van der Waals surface area contributed by atoms with E-state index >= 15 is 0 Å². The number of amides is 1. The van der Waals surface area contributed by atoms with Crippen LogP contribution in [0.3, 0.4) is 0 Å². The number of carbonyl (C=O) groups is 1. The number of para-hydroxylation sites is 1. The van der Waals surface area contributed by atoms with Crippen molar-refractivity contribution in [3.8, 4) is 11.3 Å². The number of aromatic nitrogens is 1. The molecule has 0 bridgehead atoms. The van der Waals surface area contributed by atoms with Gasteiger partial charge in [0.2, 0.25) is 0 Å². The first-order chi connectivity index (χ1) is 14.5. The molecular formula is C23H25N3O4. The Morgan fingerprint density at radius 2 is 1.70 bits per heavy atom. The summed E-state index contributed by atoms with van der Waals surface area (Å²) >= 11 is 0. The van der Waals surface area contributed by atoms with Crippen molar-refractivity contribution >= 4 is 16.8 Å². The van der Waals surface area contributed by atoms with Gasteiger partial charge in [-0.25, -0.2) is 4.98 Å². The van der Waals surface area contributed by atoms with Crippen LogP contribution in [0, 0.1) is 0 Å². The Morgan fingerprint density at radius 3 is 2.47 bits per heavy atom. The lowest BCUT2D eigenvalue weighted by atomic mass is 9.91. The lowest BCUT2D eigenvalue weighted by molar-refractivity contribution is -0.109. The summed E-state index contributed by atoms with van der Waals surface area (Å²) in [5.74, 6) is -0.298. The van der Waals surface area contributed by atoms with Crippen LogP contribution in [0.5, 0.6) is 0 Å². The zero-order chi connectivity index (χ0) is 21.3. The first kappa shape index (κ1) is 20.4. The molecule has 2 aromatic carbocycles. The van der Waals surface area contributed by atoms with E-state index in [1.807, 2.05) is 54.6 Å². The maximum absolute atomic E-state index is 13.1. The second-order valence-corrected chi connectivity index (χ2v) is 7.68. The second-order valence-electron chi connectivity index (χ2n) is 7.68. The Morgan fingerprint density at radius 1 is 1.00 bits per heavy atom. The lowest BCUT2D eigenvalue weighted by Gasteiger charge is -2.40. The molecule has 7 heteroatoms. The van der Waals surface area contributed by atoms with E-state index in [1.54, 1.807) is 13.0 Å². The molecule has 0 unspecified atom stereocenters. The molecule has 1 saturated heterocycles. The van der Waals surface area contributed by atoms with Gasteiger partial charge in [0.25, 0.3) is 5.91 Å². The summed E-state index contributed by atoms with van der Waals surface area (Å²) in [6, 6.07) is 17.9. The molecule has 156 valence electrons. The Balaban J connectivity index is 1.60. The third-order valence-corrected chi connectivity index (χ3v) is 5.61. The minimum absolute atomic E-state index is 0.103. The van der Waals surface area contributed by atoms with Crippen LogP contribution in [0.25, 0.3) is 22.2 Å². The van der Waals surface area contributed by atoms with Gasteiger partial charge in [-0.05, 0) is 19.1 Å². The van der Waals surface area contributed by atoms with E-state index in [0.717, 1.165) is 10.9 Å². The van der Waals surface area contributed by atoms with Gasteiger partial charge in [-0.15, -0.1) is 0 Å². The van der Waals surface area contributed by atoms with Crippen molar-refractivity contribution in [2.75, 3.05) is 6.54 Å². The highest BCUT2D eigenvalue weighted by Gasteiger charge is 2.40. The Bertz CT molecular complexity index is 1040. The third kappa shape index (κ3) is 3.93. The van der Waals surface area contributed by atoms with E-state index in [9.17, 15) is 20.1 Å². The molecule has 30 heavy (non-hydrogen) atoms. The predicted octanol–water partition coefficient (Wildman–Crippen LogP) is 1.07. The topological polar surface area (TPSA) is 115 Å². The highest BCUT2D eigenvalue weighted by Crippen LogP contribution is 2.25. The van der Waals surface area contributed by atoms with Crippen molar-refractivity contribution in [2.45, 2.75) is 37.3 Å². The highest BCUT2D eigenvalue weighted by molar-refractivity contribution is 6.07. The second kappa shape index (κ2) is 8.49. The van der Waals surface area contributed by atoms with Gasteiger partial charge in [0, 0.05) is 23.5 Å². The maximum Gasteiger partial charge on any atom is 0.252 e. The van der Waals surface area contributed by atoms with Crippen molar-refractivity contribution in [3.05, 3.63) is 66.2 Å². The van der Waals surface area contributed by atoms with Gasteiger partial charge in [-0.3, -0.25) is 4.79 Å². The Labute approximate surface area is 174 Å². The van der Waals surface area contributed by atoms with Crippen LogP contribution in [0.2, 0.25) is 0 Å². The summed E-state index contributed by atoms with van der Waals surface area (Å²) in [7, 11) is 0. The number of aliphatic hydroxyl groups excluding tert-OH is 3. The van der Waals surface area contributed by atoms with Crippen molar-refractivity contribution < 1.29 is 20.1 Å². The Hall–Kier alpha value is -2.84. The van der Waals surface area contributed by atoms with Gasteiger partial charge in [-0.1, -0.05) is 48.5 Å². The molecule has 1 aromatic heterocycles. The monoisotopic (exact) mass is 407 g/mol. The van der Waals surface area contributed by atoms with E-state index in [2.05, 4.69) is 15.6 Å². The first-order valence-electron chi connectivity index (χ1n) is 9.99. The van der Waals surface area contributed by atoms with Crippen molar-refractivity contribution in [1.82, 2.24) is 15.6 Å². The number of piperidine rings is 1. The summed E-state index contributed by atoms with van der Waals surface area (Å²) in [6.07, 6.45) is -3.52. The average Bonchev–Trinajstić information content (AvgIpc) is 2.78. The zero-order valence-corrected chi connectivity index (χ0v) is 16.6. The van der Waals surface area contributed by atoms with Gasteiger partial charge < -0.3 is 26.0 Å². The Kier molecular flexibility index (Phi) is 5.78. The molecule has 0 radical (unpaired) electrons. The van der Waals surface area contributed by atoms with Crippen molar-refractivity contribution in [3.63, 3.8) is 0 Å². The van der Waals surface area contributed by atoms with Gasteiger partial charge >= 0.3 is 0 Å². The van der Waals surface area contributed by atoms with E-state index in [4.69, 9.17) is 0 Å². The molecule has 0 saturated carbocycles. The van der Waals surface area contributed by atoms with E-state index < -0.39 is 30.4 Å². The third-order valence-electron chi connectivity index (χ3n) is 5.61. The smallest absolute Gasteiger partial charge is 0.252 e. The van der Waals surface area contributed by atoms with Gasteiger partial charge in [0.05, 0.1) is 35.0 Å². The number of carbonyl (C=O) groups excluding carboxylic acids is 1. The SMILES string of the molecule is C[C@@H]1N[C@H](CNC(=O)c2cc(-c3ccccc3)nc3ccccc23)[C@@H](O)[C@H](O)[C@@H]1O. The zero-order valence-electron chi connectivity index (χ0n) is 16.6. The molecule has 7 nitrogen and oxygen atoms in total. The van der Waals surface area contributed by atoms with Crippen LogP contribution in [0.1, 0.15) is 17.3 Å². The maximum atomic E-state index is 13.1.